The Hall–Kier alpha value is -2.75. The van der Waals surface area contributed by atoms with Gasteiger partial charge in [-0.3, -0.25) is 4.57 Å². The van der Waals surface area contributed by atoms with Gasteiger partial charge in [-0.1, -0.05) is 44.2 Å². The summed E-state index contributed by atoms with van der Waals surface area (Å²) in [6.07, 6.45) is 0.845. The van der Waals surface area contributed by atoms with E-state index in [4.69, 9.17) is 4.52 Å². The first-order chi connectivity index (χ1) is 16.2. The molecule has 0 unspecified atom stereocenters. The van der Waals surface area contributed by atoms with Crippen LogP contribution in [0.25, 0.3) is 0 Å². The summed E-state index contributed by atoms with van der Waals surface area (Å²) in [5.74, 6) is -0.0621. The number of nitrogens with one attached hydrogen (secondary N) is 1. The Morgan fingerprint density at radius 3 is 1.82 bits per heavy atom. The molecule has 0 aliphatic heterocycles. The van der Waals surface area contributed by atoms with E-state index >= 15 is 0 Å². The summed E-state index contributed by atoms with van der Waals surface area (Å²) >= 11 is 0. The molecule has 0 fully saturated rings. The second-order valence-corrected chi connectivity index (χ2v) is 11.9. The first-order valence-corrected chi connectivity index (χ1v) is 13.5. The van der Waals surface area contributed by atoms with Crippen LogP contribution in [0.2, 0.25) is 0 Å². The normalized spacial score (nSPS) is 13.9. The molecule has 3 aromatic carbocycles. The van der Waals surface area contributed by atoms with Crippen molar-refractivity contribution in [1.82, 2.24) is 0 Å². The fourth-order valence-corrected chi connectivity index (χ4v) is 6.11. The van der Waals surface area contributed by atoms with Crippen molar-refractivity contribution in [2.24, 2.45) is 5.92 Å². The molecule has 1 N–H and O–H groups in total. The highest BCUT2D eigenvalue weighted by Gasteiger charge is 2.38. The van der Waals surface area contributed by atoms with Crippen LogP contribution in [-0.2, 0) is 9.09 Å². The number of para-hydroxylation sites is 1. The lowest BCUT2D eigenvalue weighted by atomic mass is 10.2. The van der Waals surface area contributed by atoms with Gasteiger partial charge in [0.25, 0.3) is 7.37 Å². The first kappa shape index (κ1) is 25.9. The fourth-order valence-electron chi connectivity index (χ4n) is 3.69. The van der Waals surface area contributed by atoms with Crippen LogP contribution < -0.4 is 20.4 Å². The molecule has 0 aromatic heterocycles. The Balaban J connectivity index is 2.09. The average Bonchev–Trinajstić information content (AvgIpc) is 2.83. The van der Waals surface area contributed by atoms with Gasteiger partial charge in [-0.05, 0) is 66.4 Å². The van der Waals surface area contributed by atoms with Crippen LogP contribution in [0.5, 0.6) is 0 Å². The van der Waals surface area contributed by atoms with Gasteiger partial charge in [0.1, 0.15) is 5.78 Å². The minimum Gasteiger partial charge on any atom is -0.378 e. The van der Waals surface area contributed by atoms with E-state index in [0.29, 0.717) is 17.8 Å². The number of benzene rings is 3. The maximum atomic E-state index is 14.9. The van der Waals surface area contributed by atoms with Crippen molar-refractivity contribution in [3.8, 4) is 0 Å². The summed E-state index contributed by atoms with van der Waals surface area (Å²) in [6.45, 7) is 4.74. The molecule has 0 radical (unpaired) electrons. The van der Waals surface area contributed by atoms with Gasteiger partial charge in [0.2, 0.25) is 0 Å². The predicted molar refractivity (Wildman–Crippen MR) is 147 cm³/mol. The second kappa shape index (κ2) is 11.6. The van der Waals surface area contributed by atoms with Gasteiger partial charge in [0, 0.05) is 50.6 Å². The zero-order chi connectivity index (χ0) is 24.7. The zero-order valence-electron chi connectivity index (χ0n) is 21.2. The van der Waals surface area contributed by atoms with E-state index in [-0.39, 0.29) is 0 Å². The molecule has 3 rings (SSSR count). The van der Waals surface area contributed by atoms with Crippen molar-refractivity contribution in [2.45, 2.75) is 26.1 Å². The van der Waals surface area contributed by atoms with Crippen LogP contribution in [0.15, 0.2) is 78.9 Å². The Bertz CT molecular complexity index is 1070. The Morgan fingerprint density at radius 1 is 0.794 bits per heavy atom. The van der Waals surface area contributed by atoms with Crippen LogP contribution in [0, 0.1) is 5.92 Å². The minimum absolute atomic E-state index is 0.438. The number of rotatable bonds is 11. The van der Waals surface area contributed by atoms with Gasteiger partial charge >= 0.3 is 0 Å². The molecule has 0 bridgehead atoms. The van der Waals surface area contributed by atoms with Gasteiger partial charge in [0.15, 0.2) is 0 Å². The molecule has 6 heteroatoms. The predicted octanol–water partition coefficient (Wildman–Crippen LogP) is 6.60. The highest BCUT2D eigenvalue weighted by atomic mass is 31.2. The van der Waals surface area contributed by atoms with Crippen molar-refractivity contribution in [2.75, 3.05) is 49.9 Å². The molecule has 0 spiro atoms. The van der Waals surface area contributed by atoms with Crippen LogP contribution >= 0.6 is 7.37 Å². The summed E-state index contributed by atoms with van der Waals surface area (Å²) in [5.41, 5.74) is 3.98. The van der Waals surface area contributed by atoms with Crippen molar-refractivity contribution in [3.63, 3.8) is 0 Å². The molecular formula is C28H38N3O2P. The largest absolute Gasteiger partial charge is 0.378 e. The molecule has 5 nitrogen and oxygen atoms in total. The third-order valence-corrected chi connectivity index (χ3v) is 8.54. The van der Waals surface area contributed by atoms with E-state index in [0.717, 1.165) is 29.0 Å². The maximum absolute atomic E-state index is 14.9. The third kappa shape index (κ3) is 6.43. The highest BCUT2D eigenvalue weighted by Crippen LogP contribution is 2.59. The Morgan fingerprint density at radius 2 is 1.32 bits per heavy atom. The van der Waals surface area contributed by atoms with Gasteiger partial charge < -0.3 is 19.6 Å². The molecule has 34 heavy (non-hydrogen) atoms. The Kier molecular flexibility index (Phi) is 8.82. The topological polar surface area (TPSA) is 44.8 Å². The number of anilines is 3. The molecule has 0 aliphatic rings. The smallest absolute Gasteiger partial charge is 0.258 e. The van der Waals surface area contributed by atoms with Crippen molar-refractivity contribution >= 4 is 29.7 Å². The molecule has 0 amide bonds. The third-order valence-electron chi connectivity index (χ3n) is 5.85. The fraction of sp³-hybridized carbons (Fsp3) is 0.357. The van der Waals surface area contributed by atoms with E-state index in [2.05, 4.69) is 36.2 Å². The lowest BCUT2D eigenvalue weighted by molar-refractivity contribution is 0.290. The lowest BCUT2D eigenvalue weighted by Gasteiger charge is -2.31. The average molecular weight is 480 g/mol. The van der Waals surface area contributed by atoms with Crippen LogP contribution in [0.4, 0.5) is 17.1 Å². The molecule has 0 aliphatic carbocycles. The van der Waals surface area contributed by atoms with Crippen LogP contribution in [0.1, 0.15) is 31.6 Å². The van der Waals surface area contributed by atoms with Gasteiger partial charge in [0.05, 0.1) is 6.61 Å². The summed E-state index contributed by atoms with van der Waals surface area (Å²) in [4.78, 5) is 4.09. The summed E-state index contributed by atoms with van der Waals surface area (Å²) in [7, 11) is 4.67. The van der Waals surface area contributed by atoms with E-state index < -0.39 is 13.2 Å². The van der Waals surface area contributed by atoms with Crippen molar-refractivity contribution in [1.29, 1.82) is 0 Å². The quantitative estimate of drug-likeness (QED) is 0.314. The molecule has 2 atom stereocenters. The lowest BCUT2D eigenvalue weighted by Crippen LogP contribution is -2.22. The minimum atomic E-state index is -3.36. The van der Waals surface area contributed by atoms with Gasteiger partial charge in [-0.2, -0.15) is 0 Å². The van der Waals surface area contributed by atoms with Crippen molar-refractivity contribution in [3.05, 3.63) is 84.4 Å². The van der Waals surface area contributed by atoms with E-state index in [9.17, 15) is 4.57 Å². The number of nitrogens with zero attached hydrogens (tertiary/aromatic N) is 2. The van der Waals surface area contributed by atoms with E-state index in [1.807, 2.05) is 99.8 Å². The SMILES string of the molecule is CC(C)CCO[P@@](=O)(c1ccc(N(C)C)cc1)[C@@H](Nc1ccccc1)c1ccc(N(C)C)cc1. The zero-order valence-corrected chi connectivity index (χ0v) is 22.1. The van der Waals surface area contributed by atoms with Gasteiger partial charge in [-0.15, -0.1) is 0 Å². The van der Waals surface area contributed by atoms with E-state index in [1.54, 1.807) is 0 Å². The second-order valence-electron chi connectivity index (χ2n) is 9.42. The number of hydrogen-bond acceptors (Lipinski definition) is 5. The Labute approximate surface area is 205 Å². The maximum Gasteiger partial charge on any atom is 0.258 e. The van der Waals surface area contributed by atoms with Crippen molar-refractivity contribution < 1.29 is 9.09 Å². The van der Waals surface area contributed by atoms with E-state index in [1.165, 1.54) is 0 Å². The van der Waals surface area contributed by atoms with Gasteiger partial charge in [-0.25, -0.2) is 0 Å². The summed E-state index contributed by atoms with van der Waals surface area (Å²) in [5, 5.41) is 4.26. The number of hydrogen-bond donors (Lipinski definition) is 1. The molecule has 0 saturated carbocycles. The molecule has 182 valence electrons. The summed E-state index contributed by atoms with van der Waals surface area (Å²) < 4.78 is 21.3. The monoisotopic (exact) mass is 479 g/mol. The standard InChI is InChI=1S/C28H38N3O2P/c1-22(2)20-21-33-34(32,27-18-16-26(17-19-27)31(5)6)28(29-24-10-8-7-9-11-24)23-12-14-25(15-13-23)30(3)4/h7-19,22,28-29H,20-21H2,1-6H3/t28-,34+/m1/s1. The van der Waals surface area contributed by atoms with Crippen LogP contribution in [-0.4, -0.2) is 34.8 Å². The molecule has 0 heterocycles. The molecular weight excluding hydrogens is 441 g/mol. The summed E-state index contributed by atoms with van der Waals surface area (Å²) in [6, 6.07) is 26.0. The van der Waals surface area contributed by atoms with Crippen LogP contribution in [0.3, 0.4) is 0 Å². The highest BCUT2D eigenvalue weighted by molar-refractivity contribution is 7.67. The molecule has 3 aromatic rings. The first-order valence-electron chi connectivity index (χ1n) is 11.8. The molecule has 0 saturated heterocycles.